The van der Waals surface area contributed by atoms with Crippen molar-refractivity contribution in [1.82, 2.24) is 0 Å². The number of rotatable bonds is 3. The van der Waals surface area contributed by atoms with Gasteiger partial charge in [-0.2, -0.15) is 0 Å². The summed E-state index contributed by atoms with van der Waals surface area (Å²) in [5.74, 6) is -0.222. The molecule has 1 fully saturated rings. The Kier molecular flexibility index (Phi) is 4.54. The quantitative estimate of drug-likeness (QED) is 0.674. The first-order chi connectivity index (χ1) is 7.06. The van der Waals surface area contributed by atoms with Gasteiger partial charge in [-0.3, -0.25) is 4.79 Å². The van der Waals surface area contributed by atoms with E-state index in [2.05, 4.69) is 0 Å². The largest absolute Gasteiger partial charge is 0.433 e. The van der Waals surface area contributed by atoms with E-state index in [0.29, 0.717) is 19.8 Å². The van der Waals surface area contributed by atoms with Crippen LogP contribution in [0.3, 0.4) is 0 Å². The number of hydrogen-bond acceptors (Lipinski definition) is 4. The molecule has 0 bridgehead atoms. The first-order valence-corrected chi connectivity index (χ1v) is 5.46. The molecule has 15 heavy (non-hydrogen) atoms. The highest BCUT2D eigenvalue weighted by molar-refractivity contribution is 5.75. The van der Waals surface area contributed by atoms with Gasteiger partial charge in [-0.1, -0.05) is 6.92 Å². The second-order valence-electron chi connectivity index (χ2n) is 4.37. The molecule has 1 unspecified atom stereocenters. The molecule has 88 valence electrons. The third kappa shape index (κ3) is 3.80. The van der Waals surface area contributed by atoms with Crippen LogP contribution in [0.2, 0.25) is 0 Å². The lowest BCUT2D eigenvalue weighted by Gasteiger charge is -2.24. The molecule has 1 rings (SSSR count). The SMILES string of the molecule is CCC(C)(C)C(=O)OC1COCCCO1. The van der Waals surface area contributed by atoms with E-state index in [-0.39, 0.29) is 5.97 Å². The normalized spacial score (nSPS) is 23.3. The zero-order chi connectivity index (χ0) is 11.3. The third-order valence-corrected chi connectivity index (χ3v) is 2.67. The smallest absolute Gasteiger partial charge is 0.313 e. The summed E-state index contributed by atoms with van der Waals surface area (Å²) in [5, 5.41) is 0. The van der Waals surface area contributed by atoms with Gasteiger partial charge >= 0.3 is 5.97 Å². The van der Waals surface area contributed by atoms with Gasteiger partial charge in [0.05, 0.1) is 12.0 Å². The van der Waals surface area contributed by atoms with Crippen molar-refractivity contribution in [2.24, 2.45) is 5.41 Å². The molecule has 0 aromatic heterocycles. The highest BCUT2D eigenvalue weighted by Gasteiger charge is 2.30. The van der Waals surface area contributed by atoms with Crippen molar-refractivity contribution < 1.29 is 19.0 Å². The minimum Gasteiger partial charge on any atom is -0.433 e. The van der Waals surface area contributed by atoms with Crippen molar-refractivity contribution in [3.8, 4) is 0 Å². The van der Waals surface area contributed by atoms with E-state index in [4.69, 9.17) is 14.2 Å². The van der Waals surface area contributed by atoms with Gasteiger partial charge in [0.15, 0.2) is 0 Å². The second-order valence-corrected chi connectivity index (χ2v) is 4.37. The Hall–Kier alpha value is -0.610. The van der Waals surface area contributed by atoms with E-state index in [9.17, 15) is 4.79 Å². The summed E-state index contributed by atoms with van der Waals surface area (Å²) in [5.41, 5.74) is -0.449. The van der Waals surface area contributed by atoms with Crippen LogP contribution in [0, 0.1) is 5.41 Å². The standard InChI is InChI=1S/C11H20O4/c1-4-11(2,3)10(12)15-9-8-13-6-5-7-14-9/h9H,4-8H2,1-3H3. The van der Waals surface area contributed by atoms with Gasteiger partial charge in [0, 0.05) is 6.61 Å². The summed E-state index contributed by atoms with van der Waals surface area (Å²) in [7, 11) is 0. The predicted octanol–water partition coefficient (Wildman–Crippen LogP) is 1.73. The van der Waals surface area contributed by atoms with E-state index >= 15 is 0 Å². The van der Waals surface area contributed by atoms with Gasteiger partial charge in [-0.05, 0) is 26.7 Å². The molecule has 0 aromatic carbocycles. The Labute approximate surface area is 90.9 Å². The van der Waals surface area contributed by atoms with Crippen LogP contribution < -0.4 is 0 Å². The molecular formula is C11H20O4. The zero-order valence-corrected chi connectivity index (χ0v) is 9.75. The van der Waals surface area contributed by atoms with Crippen LogP contribution in [0.4, 0.5) is 0 Å². The van der Waals surface area contributed by atoms with E-state index in [0.717, 1.165) is 12.8 Å². The Morgan fingerprint density at radius 1 is 1.47 bits per heavy atom. The lowest BCUT2D eigenvalue weighted by atomic mass is 9.91. The maximum Gasteiger partial charge on any atom is 0.313 e. The Bertz CT molecular complexity index is 205. The fourth-order valence-electron chi connectivity index (χ4n) is 1.09. The molecule has 1 atom stereocenters. The fraction of sp³-hybridized carbons (Fsp3) is 0.909. The molecule has 0 radical (unpaired) electrons. The van der Waals surface area contributed by atoms with Gasteiger partial charge in [0.25, 0.3) is 0 Å². The fourth-order valence-corrected chi connectivity index (χ4v) is 1.09. The Morgan fingerprint density at radius 2 is 2.20 bits per heavy atom. The van der Waals surface area contributed by atoms with Gasteiger partial charge in [-0.25, -0.2) is 0 Å². The number of carbonyl (C=O) groups is 1. The maximum atomic E-state index is 11.7. The van der Waals surface area contributed by atoms with Crippen molar-refractivity contribution in [3.05, 3.63) is 0 Å². The van der Waals surface area contributed by atoms with Crippen LogP contribution in [-0.2, 0) is 19.0 Å². The molecule has 0 amide bonds. The minimum atomic E-state index is -0.536. The average Bonchev–Trinajstić information content (AvgIpc) is 2.46. The molecule has 1 saturated heterocycles. The van der Waals surface area contributed by atoms with Gasteiger partial charge in [-0.15, -0.1) is 0 Å². The monoisotopic (exact) mass is 216 g/mol. The van der Waals surface area contributed by atoms with Crippen LogP contribution in [-0.4, -0.2) is 32.1 Å². The van der Waals surface area contributed by atoms with Crippen LogP contribution in [0.1, 0.15) is 33.6 Å². The Morgan fingerprint density at radius 3 is 2.87 bits per heavy atom. The van der Waals surface area contributed by atoms with Crippen molar-refractivity contribution in [2.45, 2.75) is 39.9 Å². The molecule has 0 saturated carbocycles. The summed E-state index contributed by atoms with van der Waals surface area (Å²) in [6.45, 7) is 7.30. The van der Waals surface area contributed by atoms with Crippen LogP contribution in [0.15, 0.2) is 0 Å². The number of esters is 1. The highest BCUT2D eigenvalue weighted by atomic mass is 16.7. The molecule has 0 aliphatic carbocycles. The number of ether oxygens (including phenoxy) is 3. The minimum absolute atomic E-state index is 0.222. The summed E-state index contributed by atoms with van der Waals surface area (Å²) in [6.07, 6.45) is 1.07. The molecule has 0 N–H and O–H groups in total. The number of carbonyl (C=O) groups excluding carboxylic acids is 1. The first kappa shape index (κ1) is 12.5. The van der Waals surface area contributed by atoms with E-state index in [1.165, 1.54) is 0 Å². The zero-order valence-electron chi connectivity index (χ0n) is 9.75. The van der Waals surface area contributed by atoms with E-state index in [1.807, 2.05) is 20.8 Å². The molecule has 0 spiro atoms. The summed E-state index contributed by atoms with van der Waals surface area (Å²) < 4.78 is 15.8. The summed E-state index contributed by atoms with van der Waals surface area (Å²) in [4.78, 5) is 11.7. The lowest BCUT2D eigenvalue weighted by molar-refractivity contribution is -0.193. The molecule has 1 aliphatic rings. The van der Waals surface area contributed by atoms with Crippen LogP contribution in [0.5, 0.6) is 0 Å². The second kappa shape index (κ2) is 5.47. The molecule has 1 aliphatic heterocycles. The Balaban J connectivity index is 2.42. The lowest BCUT2D eigenvalue weighted by Crippen LogP contribution is -2.33. The first-order valence-electron chi connectivity index (χ1n) is 5.46. The van der Waals surface area contributed by atoms with Gasteiger partial charge < -0.3 is 14.2 Å². The average molecular weight is 216 g/mol. The maximum absolute atomic E-state index is 11.7. The molecule has 4 nitrogen and oxygen atoms in total. The molecule has 0 aromatic rings. The summed E-state index contributed by atoms with van der Waals surface area (Å²) >= 11 is 0. The molecular weight excluding hydrogens is 196 g/mol. The van der Waals surface area contributed by atoms with Crippen molar-refractivity contribution in [1.29, 1.82) is 0 Å². The van der Waals surface area contributed by atoms with Crippen molar-refractivity contribution in [3.63, 3.8) is 0 Å². The van der Waals surface area contributed by atoms with E-state index < -0.39 is 11.7 Å². The topological polar surface area (TPSA) is 44.8 Å². The van der Waals surface area contributed by atoms with Crippen molar-refractivity contribution >= 4 is 5.97 Å². The summed E-state index contributed by atoms with van der Waals surface area (Å²) in [6, 6.07) is 0. The third-order valence-electron chi connectivity index (χ3n) is 2.67. The van der Waals surface area contributed by atoms with Crippen LogP contribution >= 0.6 is 0 Å². The highest BCUT2D eigenvalue weighted by Crippen LogP contribution is 2.22. The predicted molar refractivity (Wildman–Crippen MR) is 55.3 cm³/mol. The number of hydrogen-bond donors (Lipinski definition) is 0. The molecule has 1 heterocycles. The van der Waals surface area contributed by atoms with Gasteiger partial charge in [0.1, 0.15) is 6.61 Å². The van der Waals surface area contributed by atoms with E-state index in [1.54, 1.807) is 0 Å². The van der Waals surface area contributed by atoms with Crippen LogP contribution in [0.25, 0.3) is 0 Å². The van der Waals surface area contributed by atoms with Crippen molar-refractivity contribution in [2.75, 3.05) is 19.8 Å². The molecule has 4 heteroatoms. The van der Waals surface area contributed by atoms with Gasteiger partial charge in [0.2, 0.25) is 6.29 Å².